The summed E-state index contributed by atoms with van der Waals surface area (Å²) in [6, 6.07) is 10.4. The standard InChI is InChI=1S/C18H20N2O4S.2C2H6/c1-14(18(22)15-7-3-2-4-8-15)20-13-16(9-10-17(20)21)25(23,24)19-11-5-6-12-19;2*1-2/h2-4,7-10,13-14H,5-6,11-12H2,1H3;2*1-2H3. The summed E-state index contributed by atoms with van der Waals surface area (Å²) in [6.07, 6.45) is 2.95. The van der Waals surface area contributed by atoms with Gasteiger partial charge in [-0.2, -0.15) is 4.31 Å². The van der Waals surface area contributed by atoms with E-state index in [1.54, 1.807) is 37.3 Å². The van der Waals surface area contributed by atoms with Gasteiger partial charge in [-0.25, -0.2) is 8.42 Å². The third-order valence-corrected chi connectivity index (χ3v) is 6.35. The molecule has 160 valence electrons. The summed E-state index contributed by atoms with van der Waals surface area (Å²) < 4.78 is 28.0. The molecule has 2 aromatic rings. The average molecular weight is 421 g/mol. The largest absolute Gasteiger partial charge is 0.304 e. The highest BCUT2D eigenvalue weighted by molar-refractivity contribution is 7.89. The van der Waals surface area contributed by atoms with Crippen molar-refractivity contribution in [2.24, 2.45) is 0 Å². The zero-order valence-corrected chi connectivity index (χ0v) is 18.8. The summed E-state index contributed by atoms with van der Waals surface area (Å²) in [5.41, 5.74) is 0.0758. The molecule has 7 heteroatoms. The highest BCUT2D eigenvalue weighted by atomic mass is 32.2. The summed E-state index contributed by atoms with van der Waals surface area (Å²) in [5.74, 6) is -0.238. The average Bonchev–Trinajstić information content (AvgIpc) is 3.32. The lowest BCUT2D eigenvalue weighted by Gasteiger charge is -2.18. The predicted octanol–water partition coefficient (Wildman–Crippen LogP) is 4.13. The number of ketones is 1. The molecule has 0 amide bonds. The van der Waals surface area contributed by atoms with Crippen LogP contribution in [-0.2, 0) is 10.0 Å². The van der Waals surface area contributed by atoms with Crippen molar-refractivity contribution in [2.75, 3.05) is 13.1 Å². The first-order chi connectivity index (χ1) is 13.9. The van der Waals surface area contributed by atoms with Crippen LogP contribution in [0.5, 0.6) is 0 Å². The lowest BCUT2D eigenvalue weighted by Crippen LogP contribution is -2.31. The number of aromatic nitrogens is 1. The van der Waals surface area contributed by atoms with E-state index in [4.69, 9.17) is 0 Å². The van der Waals surface area contributed by atoms with Crippen LogP contribution in [0, 0.1) is 0 Å². The minimum absolute atomic E-state index is 0.0433. The molecule has 0 aliphatic carbocycles. The lowest BCUT2D eigenvalue weighted by atomic mass is 10.1. The Labute approximate surface area is 174 Å². The zero-order valence-electron chi connectivity index (χ0n) is 18.0. The van der Waals surface area contributed by atoms with Gasteiger partial charge in [-0.05, 0) is 25.8 Å². The van der Waals surface area contributed by atoms with Crippen molar-refractivity contribution in [3.05, 3.63) is 64.6 Å². The maximum Gasteiger partial charge on any atom is 0.251 e. The molecular weight excluding hydrogens is 388 g/mol. The maximum atomic E-state index is 12.7. The van der Waals surface area contributed by atoms with Gasteiger partial charge < -0.3 is 4.57 Å². The Kier molecular flexibility index (Phi) is 9.98. The Morgan fingerprint density at radius 1 is 0.931 bits per heavy atom. The molecule has 0 bridgehead atoms. The molecule has 3 rings (SSSR count). The van der Waals surface area contributed by atoms with Gasteiger partial charge in [0.05, 0.1) is 10.9 Å². The number of benzene rings is 1. The molecule has 1 fully saturated rings. The Bertz CT molecular complexity index is 931. The number of rotatable bonds is 5. The van der Waals surface area contributed by atoms with Crippen LogP contribution in [0.4, 0.5) is 0 Å². The quantitative estimate of drug-likeness (QED) is 0.682. The van der Waals surface area contributed by atoms with E-state index in [1.165, 1.54) is 27.2 Å². The van der Waals surface area contributed by atoms with E-state index < -0.39 is 21.6 Å². The molecule has 0 radical (unpaired) electrons. The molecular formula is C22H32N2O4S. The van der Waals surface area contributed by atoms with Crippen molar-refractivity contribution >= 4 is 15.8 Å². The molecule has 0 saturated carbocycles. The fourth-order valence-electron chi connectivity index (χ4n) is 2.99. The summed E-state index contributed by atoms with van der Waals surface area (Å²) >= 11 is 0. The Morgan fingerprint density at radius 3 is 2.03 bits per heavy atom. The predicted molar refractivity (Wildman–Crippen MR) is 117 cm³/mol. The van der Waals surface area contributed by atoms with Gasteiger partial charge in [0, 0.05) is 30.9 Å². The minimum Gasteiger partial charge on any atom is -0.304 e. The van der Waals surface area contributed by atoms with E-state index in [9.17, 15) is 18.0 Å². The number of sulfonamides is 1. The molecule has 29 heavy (non-hydrogen) atoms. The van der Waals surface area contributed by atoms with Crippen LogP contribution < -0.4 is 5.56 Å². The normalized spacial score (nSPS) is 14.8. The maximum absolute atomic E-state index is 12.7. The van der Waals surface area contributed by atoms with Crippen LogP contribution in [-0.4, -0.2) is 36.2 Å². The molecule has 6 nitrogen and oxygen atoms in total. The molecule has 0 N–H and O–H groups in total. The van der Waals surface area contributed by atoms with E-state index in [2.05, 4.69) is 0 Å². The van der Waals surface area contributed by atoms with Crippen molar-refractivity contribution in [3.63, 3.8) is 0 Å². The first-order valence-electron chi connectivity index (χ1n) is 10.2. The zero-order chi connectivity index (χ0) is 22.0. The number of nitrogens with zero attached hydrogens (tertiary/aromatic N) is 2. The van der Waals surface area contributed by atoms with Gasteiger partial charge in [0.15, 0.2) is 5.78 Å². The molecule has 1 atom stereocenters. The highest BCUT2D eigenvalue weighted by Gasteiger charge is 2.28. The van der Waals surface area contributed by atoms with E-state index in [0.29, 0.717) is 18.7 Å². The van der Waals surface area contributed by atoms with Crippen LogP contribution in [0.25, 0.3) is 0 Å². The van der Waals surface area contributed by atoms with Gasteiger partial charge in [0.2, 0.25) is 10.0 Å². The summed E-state index contributed by atoms with van der Waals surface area (Å²) in [5, 5.41) is 0. The van der Waals surface area contributed by atoms with Crippen molar-refractivity contribution < 1.29 is 13.2 Å². The fourth-order valence-corrected chi connectivity index (χ4v) is 4.51. The van der Waals surface area contributed by atoms with Gasteiger partial charge in [0.1, 0.15) is 0 Å². The minimum atomic E-state index is -3.64. The fraction of sp³-hybridized carbons (Fsp3) is 0.455. The molecule has 1 aromatic heterocycles. The third-order valence-electron chi connectivity index (χ3n) is 4.47. The Hall–Kier alpha value is -2.25. The second kappa shape index (κ2) is 11.7. The highest BCUT2D eigenvalue weighted by Crippen LogP contribution is 2.21. The SMILES string of the molecule is CC.CC.CC(C(=O)c1ccccc1)n1cc(S(=O)(=O)N2CCCC2)ccc1=O. The Morgan fingerprint density at radius 2 is 1.48 bits per heavy atom. The van der Waals surface area contributed by atoms with E-state index in [-0.39, 0.29) is 10.7 Å². The molecule has 1 aliphatic rings. The van der Waals surface area contributed by atoms with E-state index in [0.717, 1.165) is 12.8 Å². The van der Waals surface area contributed by atoms with Crippen LogP contribution in [0.15, 0.2) is 58.4 Å². The summed E-state index contributed by atoms with van der Waals surface area (Å²) in [7, 11) is -3.64. The van der Waals surface area contributed by atoms with Gasteiger partial charge >= 0.3 is 0 Å². The van der Waals surface area contributed by atoms with Crippen molar-refractivity contribution in [2.45, 2.75) is 58.4 Å². The van der Waals surface area contributed by atoms with Gasteiger partial charge in [0.25, 0.3) is 5.56 Å². The molecule has 2 heterocycles. The van der Waals surface area contributed by atoms with Gasteiger partial charge in [-0.1, -0.05) is 58.0 Å². The molecule has 1 unspecified atom stereocenters. The first kappa shape index (κ1) is 24.8. The Balaban J connectivity index is 0.000000989. The second-order valence-electron chi connectivity index (χ2n) is 6.13. The van der Waals surface area contributed by atoms with Crippen LogP contribution in [0.3, 0.4) is 0 Å². The number of hydrogen-bond acceptors (Lipinski definition) is 4. The van der Waals surface area contributed by atoms with Crippen LogP contribution in [0.2, 0.25) is 0 Å². The van der Waals surface area contributed by atoms with Gasteiger partial charge in [-0.15, -0.1) is 0 Å². The molecule has 1 saturated heterocycles. The molecule has 0 spiro atoms. The topological polar surface area (TPSA) is 76.5 Å². The third kappa shape index (κ3) is 5.87. The van der Waals surface area contributed by atoms with Gasteiger partial charge in [-0.3, -0.25) is 9.59 Å². The lowest BCUT2D eigenvalue weighted by molar-refractivity contribution is 0.0932. The van der Waals surface area contributed by atoms with E-state index in [1.807, 2.05) is 27.7 Å². The smallest absolute Gasteiger partial charge is 0.251 e. The van der Waals surface area contributed by atoms with Crippen LogP contribution >= 0.6 is 0 Å². The molecule has 1 aliphatic heterocycles. The van der Waals surface area contributed by atoms with Crippen LogP contribution in [0.1, 0.15) is 63.9 Å². The number of Topliss-reactive ketones (excluding diaryl/α,β-unsaturated/α-hetero) is 1. The van der Waals surface area contributed by atoms with E-state index >= 15 is 0 Å². The number of carbonyl (C=O) groups is 1. The van der Waals surface area contributed by atoms with Crippen molar-refractivity contribution in [3.8, 4) is 0 Å². The number of carbonyl (C=O) groups excluding carboxylic acids is 1. The van der Waals surface area contributed by atoms with Crippen molar-refractivity contribution in [1.82, 2.24) is 8.87 Å². The first-order valence-corrected chi connectivity index (χ1v) is 11.7. The number of hydrogen-bond donors (Lipinski definition) is 0. The number of pyridine rings is 1. The summed E-state index contributed by atoms with van der Waals surface area (Å²) in [4.78, 5) is 24.8. The second-order valence-corrected chi connectivity index (χ2v) is 8.07. The van der Waals surface area contributed by atoms with Crippen molar-refractivity contribution in [1.29, 1.82) is 0 Å². The molecule has 1 aromatic carbocycles. The summed E-state index contributed by atoms with van der Waals surface area (Å²) in [6.45, 7) is 10.6. The monoisotopic (exact) mass is 420 g/mol.